The summed E-state index contributed by atoms with van der Waals surface area (Å²) >= 11 is 0. The number of halogens is 1. The second-order valence-electron chi connectivity index (χ2n) is 6.39. The van der Waals surface area contributed by atoms with E-state index in [0.29, 0.717) is 32.1 Å². The Kier molecular flexibility index (Phi) is 6.39. The van der Waals surface area contributed by atoms with E-state index in [4.69, 9.17) is 14.6 Å². The van der Waals surface area contributed by atoms with Gasteiger partial charge in [-0.25, -0.2) is 9.18 Å². The fourth-order valence-corrected chi connectivity index (χ4v) is 3.09. The zero-order valence-electron chi connectivity index (χ0n) is 14.8. The number of carboxylic acid groups (broad SMARTS) is 1. The van der Waals surface area contributed by atoms with Crippen molar-refractivity contribution in [3.05, 3.63) is 53.8 Å². The number of morpholine rings is 1. The lowest BCUT2D eigenvalue weighted by atomic mass is 10.0. The second kappa shape index (κ2) is 8.94. The van der Waals surface area contributed by atoms with Gasteiger partial charge < -0.3 is 19.7 Å². The Morgan fingerprint density at radius 3 is 2.67 bits per heavy atom. The van der Waals surface area contributed by atoms with Crippen LogP contribution in [0.1, 0.15) is 5.56 Å². The maximum Gasteiger partial charge on any atom is 0.341 e. The monoisotopic (exact) mass is 375 g/mol. The number of carbonyl (C=O) groups is 1. The minimum absolute atomic E-state index is 0.0248. The third kappa shape index (κ3) is 5.03. The lowest BCUT2D eigenvalue weighted by Gasteiger charge is -2.34. The molecule has 0 spiro atoms. The average molecular weight is 375 g/mol. The summed E-state index contributed by atoms with van der Waals surface area (Å²) in [6.07, 6.45) is 0. The fourth-order valence-electron chi connectivity index (χ4n) is 3.09. The maximum absolute atomic E-state index is 13.2. The van der Waals surface area contributed by atoms with Crippen LogP contribution in [0.2, 0.25) is 0 Å². The Morgan fingerprint density at radius 1 is 1.22 bits per heavy atom. The van der Waals surface area contributed by atoms with Gasteiger partial charge in [-0.2, -0.15) is 0 Å². The van der Waals surface area contributed by atoms with E-state index in [1.165, 1.54) is 12.1 Å². The van der Waals surface area contributed by atoms with E-state index >= 15 is 0 Å². The third-order valence-electron chi connectivity index (χ3n) is 4.52. The molecule has 0 aliphatic carbocycles. The molecule has 0 aromatic heterocycles. The summed E-state index contributed by atoms with van der Waals surface area (Å²) in [5.41, 5.74) is 2.53. The summed E-state index contributed by atoms with van der Waals surface area (Å²) in [4.78, 5) is 13.0. The van der Waals surface area contributed by atoms with Crippen molar-refractivity contribution in [1.29, 1.82) is 0 Å². The molecule has 1 aliphatic heterocycles. The van der Waals surface area contributed by atoms with Gasteiger partial charge in [-0.3, -0.25) is 4.90 Å². The van der Waals surface area contributed by atoms with Crippen LogP contribution in [0, 0.1) is 5.82 Å². The van der Waals surface area contributed by atoms with Crippen molar-refractivity contribution in [2.75, 3.05) is 33.0 Å². The number of rotatable bonds is 7. The number of nitrogens with zero attached hydrogens (tertiary/aromatic N) is 1. The topological polar surface area (TPSA) is 79.2 Å². The molecular formula is C20H22FNO5. The number of hydrogen-bond acceptors (Lipinski definition) is 5. The van der Waals surface area contributed by atoms with Gasteiger partial charge in [-0.15, -0.1) is 0 Å². The van der Waals surface area contributed by atoms with Gasteiger partial charge in [0.25, 0.3) is 0 Å². The predicted octanol–water partition coefficient (Wildman–Crippen LogP) is 2.15. The van der Waals surface area contributed by atoms with E-state index in [0.717, 1.165) is 16.7 Å². The number of aliphatic hydroxyl groups excluding tert-OH is 1. The van der Waals surface area contributed by atoms with Crippen molar-refractivity contribution < 1.29 is 28.9 Å². The van der Waals surface area contributed by atoms with Crippen LogP contribution < -0.4 is 4.74 Å². The highest BCUT2D eigenvalue weighted by Crippen LogP contribution is 2.29. The predicted molar refractivity (Wildman–Crippen MR) is 97.1 cm³/mol. The molecule has 0 unspecified atom stereocenters. The van der Waals surface area contributed by atoms with Crippen LogP contribution in [0.4, 0.5) is 4.39 Å². The van der Waals surface area contributed by atoms with E-state index in [2.05, 4.69) is 4.90 Å². The normalized spacial score (nSPS) is 17.6. The van der Waals surface area contributed by atoms with Crippen molar-refractivity contribution in [2.45, 2.75) is 12.6 Å². The van der Waals surface area contributed by atoms with E-state index < -0.39 is 12.6 Å². The van der Waals surface area contributed by atoms with Crippen LogP contribution >= 0.6 is 0 Å². The van der Waals surface area contributed by atoms with Gasteiger partial charge in [0, 0.05) is 18.7 Å². The first kappa shape index (κ1) is 19.3. The van der Waals surface area contributed by atoms with Crippen LogP contribution in [0.15, 0.2) is 42.5 Å². The quantitative estimate of drug-likeness (QED) is 0.772. The summed E-state index contributed by atoms with van der Waals surface area (Å²) < 4.78 is 24.0. The zero-order chi connectivity index (χ0) is 19.2. The van der Waals surface area contributed by atoms with Gasteiger partial charge in [0.05, 0.1) is 25.9 Å². The van der Waals surface area contributed by atoms with Crippen molar-refractivity contribution >= 4 is 5.97 Å². The first-order chi connectivity index (χ1) is 13.1. The highest BCUT2D eigenvalue weighted by molar-refractivity contribution is 5.69. The van der Waals surface area contributed by atoms with Gasteiger partial charge in [-0.1, -0.05) is 18.2 Å². The number of aliphatic carboxylic acids is 1. The summed E-state index contributed by atoms with van der Waals surface area (Å²) in [6, 6.07) is 11.5. The summed E-state index contributed by atoms with van der Waals surface area (Å²) in [6.45, 7) is 1.69. The minimum Gasteiger partial charge on any atom is -0.482 e. The molecule has 1 aliphatic rings. The number of hydrogen-bond donors (Lipinski definition) is 2. The molecule has 3 rings (SSSR count). The molecule has 0 amide bonds. The van der Waals surface area contributed by atoms with Crippen molar-refractivity contribution in [1.82, 2.24) is 4.90 Å². The average Bonchev–Trinajstić information content (AvgIpc) is 2.68. The summed E-state index contributed by atoms with van der Waals surface area (Å²) in [5, 5.41) is 18.5. The molecule has 7 heteroatoms. The Bertz CT molecular complexity index is 780. The third-order valence-corrected chi connectivity index (χ3v) is 4.52. The molecule has 2 aromatic carbocycles. The van der Waals surface area contributed by atoms with Gasteiger partial charge in [0.2, 0.25) is 0 Å². The highest BCUT2D eigenvalue weighted by atomic mass is 19.1. The minimum atomic E-state index is -1.05. The van der Waals surface area contributed by atoms with Crippen molar-refractivity contribution in [2.24, 2.45) is 0 Å². The molecule has 2 aromatic rings. The van der Waals surface area contributed by atoms with Gasteiger partial charge >= 0.3 is 5.97 Å². The van der Waals surface area contributed by atoms with Crippen LogP contribution in [0.25, 0.3) is 11.1 Å². The summed E-state index contributed by atoms with van der Waals surface area (Å²) in [5.74, 6) is -0.880. The molecule has 144 valence electrons. The molecular weight excluding hydrogens is 353 g/mol. The molecule has 0 radical (unpaired) electrons. The SMILES string of the molecule is O=C(O)COc1ccc(-c2ccc(F)cc2)cc1CN1CCOC[C@H]1CO. The number of benzene rings is 2. The van der Waals surface area contributed by atoms with Gasteiger partial charge in [0.15, 0.2) is 6.61 Å². The standard InChI is InChI=1S/C20H22FNO5/c21-17-4-1-14(2-5-17)15-3-6-19(27-13-20(24)25)16(9-15)10-22-7-8-26-12-18(22)11-23/h1-6,9,18,23H,7-8,10-13H2,(H,24,25)/t18-/m1/s1. The van der Waals surface area contributed by atoms with E-state index in [1.54, 1.807) is 18.2 Å². The molecule has 27 heavy (non-hydrogen) atoms. The van der Waals surface area contributed by atoms with Crippen LogP contribution in [-0.4, -0.2) is 60.1 Å². The van der Waals surface area contributed by atoms with Crippen molar-refractivity contribution in [3.63, 3.8) is 0 Å². The number of aliphatic hydroxyl groups is 1. The van der Waals surface area contributed by atoms with E-state index in [1.807, 2.05) is 12.1 Å². The van der Waals surface area contributed by atoms with Crippen LogP contribution in [0.5, 0.6) is 5.75 Å². The Morgan fingerprint density at radius 2 is 1.96 bits per heavy atom. The number of ether oxygens (including phenoxy) is 2. The molecule has 6 nitrogen and oxygen atoms in total. The molecule has 2 N–H and O–H groups in total. The van der Waals surface area contributed by atoms with Crippen molar-refractivity contribution in [3.8, 4) is 16.9 Å². The maximum atomic E-state index is 13.2. The molecule has 1 atom stereocenters. The van der Waals surface area contributed by atoms with Crippen LogP contribution in [0.3, 0.4) is 0 Å². The van der Waals surface area contributed by atoms with Gasteiger partial charge in [0.1, 0.15) is 11.6 Å². The first-order valence-corrected chi connectivity index (χ1v) is 8.73. The molecule has 0 saturated carbocycles. The lowest BCUT2D eigenvalue weighted by molar-refractivity contribution is -0.139. The fraction of sp³-hybridized carbons (Fsp3) is 0.350. The highest BCUT2D eigenvalue weighted by Gasteiger charge is 2.23. The molecule has 1 fully saturated rings. The Balaban J connectivity index is 1.89. The zero-order valence-corrected chi connectivity index (χ0v) is 14.8. The van der Waals surface area contributed by atoms with Crippen LogP contribution in [-0.2, 0) is 16.1 Å². The first-order valence-electron chi connectivity index (χ1n) is 8.73. The smallest absolute Gasteiger partial charge is 0.341 e. The van der Waals surface area contributed by atoms with E-state index in [9.17, 15) is 14.3 Å². The largest absolute Gasteiger partial charge is 0.482 e. The second-order valence-corrected chi connectivity index (χ2v) is 6.39. The molecule has 1 saturated heterocycles. The molecule has 1 heterocycles. The molecule has 0 bridgehead atoms. The number of carboxylic acids is 1. The van der Waals surface area contributed by atoms with E-state index in [-0.39, 0.29) is 18.5 Å². The van der Waals surface area contributed by atoms with Gasteiger partial charge in [-0.05, 0) is 35.4 Å². The Hall–Kier alpha value is -2.48. The lowest BCUT2D eigenvalue weighted by Crippen LogP contribution is -2.46. The summed E-state index contributed by atoms with van der Waals surface area (Å²) in [7, 11) is 0. The Labute approximate surface area is 156 Å².